The van der Waals surface area contributed by atoms with Gasteiger partial charge in [0, 0.05) is 53.6 Å². The summed E-state index contributed by atoms with van der Waals surface area (Å²) in [6, 6.07) is 1.88. The number of carbonyl (C=O) groups excluding carboxylic acids is 1. The second kappa shape index (κ2) is 5.59. The molecule has 3 heterocycles. The van der Waals surface area contributed by atoms with E-state index in [-0.39, 0.29) is 11.8 Å². The van der Waals surface area contributed by atoms with Gasteiger partial charge in [-0.25, -0.2) is 15.0 Å². The Kier molecular flexibility index (Phi) is 3.41. The highest BCUT2D eigenvalue weighted by Gasteiger charge is 2.29. The first-order valence-corrected chi connectivity index (χ1v) is 7.95. The first-order chi connectivity index (χ1) is 11.7. The maximum absolute atomic E-state index is 12.0. The van der Waals surface area contributed by atoms with E-state index in [1.54, 1.807) is 18.6 Å². The molecule has 1 fully saturated rings. The van der Waals surface area contributed by atoms with Gasteiger partial charge < -0.3 is 15.6 Å². The number of aryl methyl sites for hydroxylation is 1. The number of aromatic amines is 1. The molecule has 24 heavy (non-hydrogen) atoms. The fourth-order valence-electron chi connectivity index (χ4n) is 2.71. The minimum absolute atomic E-state index is 0.0418. The minimum atomic E-state index is 0.0418. The number of rotatable bonds is 4. The molecule has 0 unspecified atom stereocenters. The molecule has 1 amide bonds. The number of pyridine rings is 2. The van der Waals surface area contributed by atoms with Gasteiger partial charge in [0.25, 0.3) is 0 Å². The van der Waals surface area contributed by atoms with Crippen LogP contribution in [0.25, 0.3) is 22.2 Å². The number of aromatic nitrogens is 4. The van der Waals surface area contributed by atoms with Gasteiger partial charge in [-0.2, -0.15) is 0 Å². The van der Waals surface area contributed by atoms with Crippen LogP contribution >= 0.6 is 0 Å². The van der Waals surface area contributed by atoms with Crippen molar-refractivity contribution in [3.05, 3.63) is 30.4 Å². The normalized spacial score (nSPS) is 13.9. The topological polar surface area (TPSA) is 95.6 Å². The highest BCUT2D eigenvalue weighted by Crippen LogP contribution is 2.33. The monoisotopic (exact) mass is 322 g/mol. The van der Waals surface area contributed by atoms with Crippen LogP contribution in [0.1, 0.15) is 18.5 Å². The van der Waals surface area contributed by atoms with Crippen LogP contribution in [0, 0.1) is 12.8 Å². The lowest BCUT2D eigenvalue weighted by molar-refractivity contribution is -0.117. The predicted octanol–water partition coefficient (Wildman–Crippen LogP) is 2.72. The SMILES string of the molecule is CNc1ncc(-c2ncc(C)[nH]2)c2cc(NC(=O)C3CC3)ncc12. The zero-order valence-corrected chi connectivity index (χ0v) is 13.6. The summed E-state index contributed by atoms with van der Waals surface area (Å²) >= 11 is 0. The van der Waals surface area contributed by atoms with E-state index in [4.69, 9.17) is 0 Å². The molecule has 0 atom stereocenters. The molecule has 0 bridgehead atoms. The number of nitrogens with zero attached hydrogens (tertiary/aromatic N) is 3. The van der Waals surface area contributed by atoms with E-state index in [0.29, 0.717) is 5.82 Å². The average molecular weight is 322 g/mol. The molecule has 0 saturated heterocycles. The van der Waals surface area contributed by atoms with E-state index >= 15 is 0 Å². The molecule has 7 heteroatoms. The van der Waals surface area contributed by atoms with Gasteiger partial charge in [-0.1, -0.05) is 0 Å². The van der Waals surface area contributed by atoms with Gasteiger partial charge >= 0.3 is 0 Å². The Morgan fingerprint density at radius 1 is 1.17 bits per heavy atom. The standard InChI is InChI=1S/C17H18N6O/c1-9-6-20-16(22-9)13-8-21-15(18-2)12-7-19-14(5-11(12)13)23-17(24)10-3-4-10/h5-8,10H,3-4H2,1-2H3,(H,18,21)(H,20,22)(H,19,23,24). The van der Waals surface area contributed by atoms with Crippen molar-refractivity contribution in [1.82, 2.24) is 19.9 Å². The largest absolute Gasteiger partial charge is 0.373 e. The maximum Gasteiger partial charge on any atom is 0.228 e. The summed E-state index contributed by atoms with van der Waals surface area (Å²) in [4.78, 5) is 28.4. The van der Waals surface area contributed by atoms with Gasteiger partial charge in [-0.3, -0.25) is 4.79 Å². The van der Waals surface area contributed by atoms with E-state index in [9.17, 15) is 4.79 Å². The number of amides is 1. The molecule has 1 aliphatic rings. The maximum atomic E-state index is 12.0. The first-order valence-electron chi connectivity index (χ1n) is 7.95. The molecule has 1 saturated carbocycles. The Hall–Kier alpha value is -2.96. The number of hydrogen-bond donors (Lipinski definition) is 3. The number of hydrogen-bond acceptors (Lipinski definition) is 5. The molecule has 0 aliphatic heterocycles. The van der Waals surface area contributed by atoms with E-state index in [1.165, 1.54) is 0 Å². The molecule has 3 aromatic rings. The van der Waals surface area contributed by atoms with Crippen LogP contribution in [-0.4, -0.2) is 32.9 Å². The number of H-pyrrole nitrogens is 1. The van der Waals surface area contributed by atoms with Gasteiger partial charge in [-0.15, -0.1) is 0 Å². The zero-order valence-electron chi connectivity index (χ0n) is 13.6. The van der Waals surface area contributed by atoms with Crippen LogP contribution in [0.5, 0.6) is 0 Å². The summed E-state index contributed by atoms with van der Waals surface area (Å²) < 4.78 is 0. The van der Waals surface area contributed by atoms with E-state index in [0.717, 1.165) is 46.5 Å². The second-order valence-electron chi connectivity index (χ2n) is 6.06. The summed E-state index contributed by atoms with van der Waals surface area (Å²) in [7, 11) is 1.82. The van der Waals surface area contributed by atoms with Crippen LogP contribution in [0.3, 0.4) is 0 Å². The first kappa shape index (κ1) is 14.6. The van der Waals surface area contributed by atoms with Crippen LogP contribution < -0.4 is 10.6 Å². The molecule has 0 aromatic carbocycles. The van der Waals surface area contributed by atoms with Crippen LogP contribution in [-0.2, 0) is 4.79 Å². The highest BCUT2D eigenvalue weighted by atomic mass is 16.2. The van der Waals surface area contributed by atoms with Gasteiger partial charge in [0.2, 0.25) is 5.91 Å². The summed E-state index contributed by atoms with van der Waals surface area (Å²) in [5.41, 5.74) is 1.86. The Morgan fingerprint density at radius 2 is 2.00 bits per heavy atom. The fraction of sp³-hybridized carbons (Fsp3) is 0.294. The minimum Gasteiger partial charge on any atom is -0.373 e. The molecule has 7 nitrogen and oxygen atoms in total. The summed E-state index contributed by atoms with van der Waals surface area (Å²) in [5, 5.41) is 7.79. The van der Waals surface area contributed by atoms with Crippen molar-refractivity contribution in [2.45, 2.75) is 19.8 Å². The number of anilines is 2. The van der Waals surface area contributed by atoms with E-state index in [1.807, 2.05) is 20.0 Å². The highest BCUT2D eigenvalue weighted by molar-refractivity contribution is 6.03. The lowest BCUT2D eigenvalue weighted by Crippen LogP contribution is -2.14. The Bertz CT molecular complexity index is 928. The number of nitrogens with one attached hydrogen (secondary N) is 3. The molecule has 3 aromatic heterocycles. The van der Waals surface area contributed by atoms with Crippen molar-refractivity contribution in [2.24, 2.45) is 5.92 Å². The third-order valence-corrected chi connectivity index (χ3v) is 4.17. The Labute approximate surface area is 138 Å². The Balaban J connectivity index is 1.83. The fourth-order valence-corrected chi connectivity index (χ4v) is 2.71. The molecule has 1 aliphatic carbocycles. The van der Waals surface area contributed by atoms with Crippen molar-refractivity contribution in [3.8, 4) is 11.4 Å². The molecule has 3 N–H and O–H groups in total. The van der Waals surface area contributed by atoms with Crippen molar-refractivity contribution in [1.29, 1.82) is 0 Å². The number of fused-ring (bicyclic) bond motifs is 1. The quantitative estimate of drug-likeness (QED) is 0.686. The van der Waals surface area contributed by atoms with Crippen LogP contribution in [0.2, 0.25) is 0 Å². The lowest BCUT2D eigenvalue weighted by Gasteiger charge is -2.10. The predicted molar refractivity (Wildman–Crippen MR) is 92.8 cm³/mol. The van der Waals surface area contributed by atoms with Gasteiger partial charge in [0.05, 0.1) is 0 Å². The summed E-state index contributed by atoms with van der Waals surface area (Å²) in [6.45, 7) is 1.96. The van der Waals surface area contributed by atoms with Crippen molar-refractivity contribution < 1.29 is 4.79 Å². The smallest absolute Gasteiger partial charge is 0.228 e. The molecule has 0 spiro atoms. The van der Waals surface area contributed by atoms with E-state index < -0.39 is 0 Å². The second-order valence-corrected chi connectivity index (χ2v) is 6.06. The van der Waals surface area contributed by atoms with Gasteiger partial charge in [0.15, 0.2) is 0 Å². The van der Waals surface area contributed by atoms with Crippen molar-refractivity contribution >= 4 is 28.3 Å². The van der Waals surface area contributed by atoms with Gasteiger partial charge in [0.1, 0.15) is 17.5 Å². The number of carbonyl (C=O) groups is 1. The molecule has 0 radical (unpaired) electrons. The number of imidazole rings is 1. The summed E-state index contributed by atoms with van der Waals surface area (Å²) in [5.74, 6) is 2.22. The lowest BCUT2D eigenvalue weighted by atomic mass is 10.1. The molecular formula is C17H18N6O. The summed E-state index contributed by atoms with van der Waals surface area (Å²) in [6.07, 6.45) is 7.22. The van der Waals surface area contributed by atoms with Gasteiger partial charge in [-0.05, 0) is 25.8 Å². The molecular weight excluding hydrogens is 304 g/mol. The van der Waals surface area contributed by atoms with Crippen molar-refractivity contribution in [2.75, 3.05) is 17.7 Å². The van der Waals surface area contributed by atoms with Crippen molar-refractivity contribution in [3.63, 3.8) is 0 Å². The average Bonchev–Trinajstić information content (AvgIpc) is 3.35. The van der Waals surface area contributed by atoms with E-state index in [2.05, 4.69) is 30.6 Å². The van der Waals surface area contributed by atoms with Crippen LogP contribution in [0.4, 0.5) is 11.6 Å². The Morgan fingerprint density at radius 3 is 2.67 bits per heavy atom. The third-order valence-electron chi connectivity index (χ3n) is 4.17. The third kappa shape index (κ3) is 2.58. The molecule has 4 rings (SSSR count). The molecule has 122 valence electrons. The van der Waals surface area contributed by atoms with Crippen LogP contribution in [0.15, 0.2) is 24.7 Å². The zero-order chi connectivity index (χ0) is 16.7.